The highest BCUT2D eigenvalue weighted by Crippen LogP contribution is 2.24. The maximum Gasteiger partial charge on any atom is 0.228 e. The number of nitrogens with zero attached hydrogens (tertiary/aromatic N) is 3. The fourth-order valence-corrected chi connectivity index (χ4v) is 2.30. The SMILES string of the molecule is CCC(C)(C)C(=O)N1CCN(c2ccc(N)cn2)CC1. The monoisotopic (exact) mass is 276 g/mol. The van der Waals surface area contributed by atoms with Gasteiger partial charge >= 0.3 is 0 Å². The molecule has 0 aromatic carbocycles. The lowest BCUT2D eigenvalue weighted by molar-refractivity contribution is -0.140. The Hall–Kier alpha value is -1.78. The largest absolute Gasteiger partial charge is 0.397 e. The Morgan fingerprint density at radius 2 is 1.95 bits per heavy atom. The molecule has 0 atom stereocenters. The smallest absolute Gasteiger partial charge is 0.228 e. The Balaban J connectivity index is 1.96. The van der Waals surface area contributed by atoms with Crippen LogP contribution >= 0.6 is 0 Å². The molecule has 1 saturated heterocycles. The van der Waals surface area contributed by atoms with E-state index in [4.69, 9.17) is 5.73 Å². The minimum absolute atomic E-state index is 0.255. The lowest BCUT2D eigenvalue weighted by Gasteiger charge is -2.38. The summed E-state index contributed by atoms with van der Waals surface area (Å²) in [6, 6.07) is 3.79. The number of carbonyl (C=O) groups excluding carboxylic acids is 1. The van der Waals surface area contributed by atoms with Gasteiger partial charge in [0, 0.05) is 31.6 Å². The van der Waals surface area contributed by atoms with Crippen LogP contribution in [0.25, 0.3) is 0 Å². The van der Waals surface area contributed by atoms with Crippen LogP contribution in [-0.2, 0) is 4.79 Å². The van der Waals surface area contributed by atoms with E-state index >= 15 is 0 Å². The predicted octanol–water partition coefficient (Wildman–Crippen LogP) is 1.75. The lowest BCUT2D eigenvalue weighted by atomic mass is 9.88. The maximum atomic E-state index is 12.4. The lowest BCUT2D eigenvalue weighted by Crippen LogP contribution is -2.52. The van der Waals surface area contributed by atoms with Crippen LogP contribution in [0.4, 0.5) is 11.5 Å². The molecule has 1 aliphatic rings. The van der Waals surface area contributed by atoms with Crippen molar-refractivity contribution in [1.82, 2.24) is 9.88 Å². The molecule has 0 aliphatic carbocycles. The van der Waals surface area contributed by atoms with Crippen LogP contribution in [0.15, 0.2) is 18.3 Å². The second kappa shape index (κ2) is 5.69. The minimum Gasteiger partial charge on any atom is -0.397 e. The zero-order chi connectivity index (χ0) is 14.8. The molecule has 1 aliphatic heterocycles. The van der Waals surface area contributed by atoms with Gasteiger partial charge in [-0.1, -0.05) is 20.8 Å². The zero-order valence-corrected chi connectivity index (χ0v) is 12.6. The van der Waals surface area contributed by atoms with Crippen LogP contribution in [0.5, 0.6) is 0 Å². The summed E-state index contributed by atoms with van der Waals surface area (Å²) >= 11 is 0. The van der Waals surface area contributed by atoms with Gasteiger partial charge in [-0.3, -0.25) is 4.79 Å². The van der Waals surface area contributed by atoms with Gasteiger partial charge in [-0.2, -0.15) is 0 Å². The summed E-state index contributed by atoms with van der Waals surface area (Å²) in [7, 11) is 0. The summed E-state index contributed by atoms with van der Waals surface area (Å²) in [5.74, 6) is 1.19. The van der Waals surface area contributed by atoms with E-state index in [1.54, 1.807) is 6.20 Å². The molecule has 110 valence electrons. The average molecular weight is 276 g/mol. The van der Waals surface area contributed by atoms with Crippen molar-refractivity contribution in [2.75, 3.05) is 36.8 Å². The van der Waals surface area contributed by atoms with E-state index in [1.807, 2.05) is 30.9 Å². The molecule has 0 spiro atoms. The quantitative estimate of drug-likeness (QED) is 0.913. The summed E-state index contributed by atoms with van der Waals surface area (Å²) in [4.78, 5) is 20.9. The average Bonchev–Trinajstić information content (AvgIpc) is 2.47. The molecule has 2 heterocycles. The van der Waals surface area contributed by atoms with Crippen LogP contribution in [0.1, 0.15) is 27.2 Å². The molecule has 5 heteroatoms. The highest BCUT2D eigenvalue weighted by atomic mass is 16.2. The number of nitrogen functional groups attached to an aromatic ring is 1. The number of amides is 1. The van der Waals surface area contributed by atoms with Crippen LogP contribution < -0.4 is 10.6 Å². The van der Waals surface area contributed by atoms with Crippen molar-refractivity contribution in [3.05, 3.63) is 18.3 Å². The summed E-state index contributed by atoms with van der Waals surface area (Å²) in [5, 5.41) is 0. The van der Waals surface area contributed by atoms with E-state index in [0.29, 0.717) is 5.69 Å². The second-order valence-corrected chi connectivity index (χ2v) is 5.97. The third-order valence-electron chi connectivity index (χ3n) is 4.12. The summed E-state index contributed by atoms with van der Waals surface area (Å²) in [6.07, 6.45) is 2.54. The number of rotatable bonds is 3. The molecule has 0 unspecified atom stereocenters. The first-order valence-corrected chi connectivity index (χ1v) is 7.20. The van der Waals surface area contributed by atoms with Crippen molar-refractivity contribution in [3.63, 3.8) is 0 Å². The number of aromatic nitrogens is 1. The number of piperazine rings is 1. The van der Waals surface area contributed by atoms with Gasteiger partial charge in [-0.15, -0.1) is 0 Å². The Bertz CT molecular complexity index is 461. The highest BCUT2D eigenvalue weighted by Gasteiger charge is 2.32. The van der Waals surface area contributed by atoms with Crippen LogP contribution in [0, 0.1) is 5.41 Å². The molecule has 1 aromatic rings. The number of anilines is 2. The van der Waals surface area contributed by atoms with Crippen LogP contribution in [0.2, 0.25) is 0 Å². The minimum atomic E-state index is -0.262. The van der Waals surface area contributed by atoms with Crippen molar-refractivity contribution >= 4 is 17.4 Å². The fraction of sp³-hybridized carbons (Fsp3) is 0.600. The van der Waals surface area contributed by atoms with Gasteiger partial charge in [0.05, 0.1) is 11.9 Å². The number of nitrogens with two attached hydrogens (primary N) is 1. The Morgan fingerprint density at radius 1 is 1.30 bits per heavy atom. The fourth-order valence-electron chi connectivity index (χ4n) is 2.30. The van der Waals surface area contributed by atoms with E-state index in [0.717, 1.165) is 38.4 Å². The molecule has 2 N–H and O–H groups in total. The third kappa shape index (κ3) is 3.03. The molecule has 0 radical (unpaired) electrons. The molecule has 1 fully saturated rings. The molecule has 1 amide bonds. The van der Waals surface area contributed by atoms with E-state index < -0.39 is 0 Å². The highest BCUT2D eigenvalue weighted by molar-refractivity contribution is 5.82. The van der Waals surface area contributed by atoms with Crippen molar-refractivity contribution in [2.24, 2.45) is 5.41 Å². The van der Waals surface area contributed by atoms with Gasteiger partial charge in [0.1, 0.15) is 5.82 Å². The van der Waals surface area contributed by atoms with Crippen LogP contribution in [0.3, 0.4) is 0 Å². The Labute approximate surface area is 120 Å². The Morgan fingerprint density at radius 3 is 2.45 bits per heavy atom. The van der Waals surface area contributed by atoms with E-state index in [9.17, 15) is 4.79 Å². The molecule has 2 rings (SSSR count). The molecule has 1 aromatic heterocycles. The van der Waals surface area contributed by atoms with Crippen molar-refractivity contribution in [2.45, 2.75) is 27.2 Å². The van der Waals surface area contributed by atoms with Gasteiger partial charge < -0.3 is 15.5 Å². The van der Waals surface area contributed by atoms with Gasteiger partial charge in [-0.05, 0) is 18.6 Å². The number of hydrogen-bond donors (Lipinski definition) is 1. The van der Waals surface area contributed by atoms with Gasteiger partial charge in [-0.25, -0.2) is 4.98 Å². The summed E-state index contributed by atoms with van der Waals surface area (Å²) in [5.41, 5.74) is 6.06. The number of hydrogen-bond acceptors (Lipinski definition) is 4. The first-order chi connectivity index (χ1) is 9.44. The van der Waals surface area contributed by atoms with Gasteiger partial charge in [0.15, 0.2) is 0 Å². The van der Waals surface area contributed by atoms with Gasteiger partial charge in [0.25, 0.3) is 0 Å². The number of pyridine rings is 1. The van der Waals surface area contributed by atoms with Gasteiger partial charge in [0.2, 0.25) is 5.91 Å². The second-order valence-electron chi connectivity index (χ2n) is 5.97. The van der Waals surface area contributed by atoms with E-state index in [2.05, 4.69) is 16.8 Å². The first-order valence-electron chi connectivity index (χ1n) is 7.20. The predicted molar refractivity (Wildman–Crippen MR) is 81.5 cm³/mol. The standard InChI is InChI=1S/C15H24N4O/c1-4-15(2,3)14(20)19-9-7-18(8-10-19)13-6-5-12(16)11-17-13/h5-6,11H,4,7-10,16H2,1-3H3. The molecular formula is C15H24N4O. The summed E-state index contributed by atoms with van der Waals surface area (Å²) < 4.78 is 0. The van der Waals surface area contributed by atoms with Crippen molar-refractivity contribution in [3.8, 4) is 0 Å². The Kier molecular flexibility index (Phi) is 4.16. The molecule has 0 bridgehead atoms. The molecule has 5 nitrogen and oxygen atoms in total. The van der Waals surface area contributed by atoms with E-state index in [-0.39, 0.29) is 11.3 Å². The third-order valence-corrected chi connectivity index (χ3v) is 4.12. The summed E-state index contributed by atoms with van der Waals surface area (Å²) in [6.45, 7) is 9.26. The van der Waals surface area contributed by atoms with E-state index in [1.165, 1.54) is 0 Å². The molecular weight excluding hydrogens is 252 g/mol. The molecule has 0 saturated carbocycles. The first kappa shape index (κ1) is 14.6. The van der Waals surface area contributed by atoms with Crippen molar-refractivity contribution in [1.29, 1.82) is 0 Å². The van der Waals surface area contributed by atoms with Crippen molar-refractivity contribution < 1.29 is 4.79 Å². The van der Waals surface area contributed by atoms with Crippen LogP contribution in [-0.4, -0.2) is 42.0 Å². The topological polar surface area (TPSA) is 62.5 Å². The molecule has 20 heavy (non-hydrogen) atoms. The maximum absolute atomic E-state index is 12.4. The zero-order valence-electron chi connectivity index (χ0n) is 12.6. The number of carbonyl (C=O) groups is 1. The normalized spacial score (nSPS) is 16.4.